The van der Waals surface area contributed by atoms with Crippen LogP contribution in [0.5, 0.6) is 0 Å². The molecule has 0 saturated heterocycles. The zero-order valence-corrected chi connectivity index (χ0v) is 5.78. The fraction of sp³-hybridized carbons (Fsp3) is 0.333. The van der Waals surface area contributed by atoms with Gasteiger partial charge in [0, 0.05) is 0 Å². The van der Waals surface area contributed by atoms with Crippen LogP contribution >= 0.6 is 0 Å². The van der Waals surface area contributed by atoms with Crippen molar-refractivity contribution in [3.63, 3.8) is 0 Å². The maximum absolute atomic E-state index is 2.89. The van der Waals surface area contributed by atoms with Crippen molar-refractivity contribution < 1.29 is 18.3 Å². The Kier molecular flexibility index (Phi) is 1.44. The molecule has 7 heavy (non-hydrogen) atoms. The number of hydrogen-bond donors (Lipinski definition) is 0. The van der Waals surface area contributed by atoms with Gasteiger partial charge >= 0.3 is 53.5 Å². The summed E-state index contributed by atoms with van der Waals surface area (Å²) in [6, 6.07) is 0. The molecular formula is C6H7Rh. The Morgan fingerprint density at radius 1 is 1.71 bits per heavy atom. The zero-order chi connectivity index (χ0) is 5.28. The van der Waals surface area contributed by atoms with Gasteiger partial charge in [-0.15, -0.1) is 0 Å². The Morgan fingerprint density at radius 2 is 2.43 bits per heavy atom. The zero-order valence-electron chi connectivity index (χ0n) is 4.14. The van der Waals surface area contributed by atoms with E-state index in [1.54, 1.807) is 0 Å². The minimum atomic E-state index is 0.646. The van der Waals surface area contributed by atoms with Gasteiger partial charge in [-0.1, -0.05) is 0 Å². The third-order valence-electron chi connectivity index (χ3n) is 1.06. The molecule has 0 spiro atoms. The predicted octanol–water partition coefficient (Wildman–Crippen LogP) is 1.62. The van der Waals surface area contributed by atoms with Crippen molar-refractivity contribution in [1.82, 2.24) is 0 Å². The van der Waals surface area contributed by atoms with Gasteiger partial charge < -0.3 is 0 Å². The Hall–Kier alpha value is 0.103. The van der Waals surface area contributed by atoms with Crippen LogP contribution in [0.3, 0.4) is 0 Å². The van der Waals surface area contributed by atoms with Crippen LogP contribution < -0.4 is 0 Å². The van der Waals surface area contributed by atoms with Crippen LogP contribution in [-0.2, 0) is 18.3 Å². The third-order valence-corrected chi connectivity index (χ3v) is 2.08. The molecular weight excluding hydrogens is 175 g/mol. The molecule has 1 heteroatoms. The van der Waals surface area contributed by atoms with E-state index in [4.69, 9.17) is 0 Å². The quantitative estimate of drug-likeness (QED) is 0.499. The molecule has 1 aliphatic carbocycles. The van der Waals surface area contributed by atoms with E-state index >= 15 is 0 Å². The van der Waals surface area contributed by atoms with Crippen LogP contribution in [0.2, 0.25) is 0 Å². The normalized spacial score (nSPS) is 28.4. The van der Waals surface area contributed by atoms with Gasteiger partial charge in [0.1, 0.15) is 0 Å². The first kappa shape index (κ1) is 5.24. The van der Waals surface area contributed by atoms with Crippen molar-refractivity contribution in [3.8, 4) is 0 Å². The van der Waals surface area contributed by atoms with E-state index in [0.717, 1.165) is 0 Å². The fourth-order valence-corrected chi connectivity index (χ4v) is 0.865. The number of rotatable bonds is 0. The van der Waals surface area contributed by atoms with E-state index < -0.39 is 0 Å². The average Bonchev–Trinajstić information content (AvgIpc) is 1.91. The second-order valence-electron chi connectivity index (χ2n) is 1.70. The first-order valence-electron chi connectivity index (χ1n) is 2.32. The monoisotopic (exact) mass is 182 g/mol. The molecule has 0 heterocycles. The average molecular weight is 182 g/mol. The van der Waals surface area contributed by atoms with E-state index in [-0.39, 0.29) is 0 Å². The summed E-state index contributed by atoms with van der Waals surface area (Å²) in [4.78, 5) is 0. The Labute approximate surface area is 54.0 Å². The van der Waals surface area contributed by atoms with Gasteiger partial charge in [-0.3, -0.25) is 0 Å². The molecule has 1 rings (SSSR count). The first-order valence-corrected chi connectivity index (χ1v) is 3.14. The second kappa shape index (κ2) is 1.92. The molecule has 0 aromatic carbocycles. The van der Waals surface area contributed by atoms with Gasteiger partial charge in [0.15, 0.2) is 0 Å². The van der Waals surface area contributed by atoms with Crippen molar-refractivity contribution in [2.75, 3.05) is 0 Å². The summed E-state index contributed by atoms with van der Waals surface area (Å²) in [6.45, 7) is 2.18. The van der Waals surface area contributed by atoms with Gasteiger partial charge in [-0.05, 0) is 0 Å². The molecule has 0 fully saturated rings. The van der Waals surface area contributed by atoms with Gasteiger partial charge in [0.05, 0.1) is 0 Å². The van der Waals surface area contributed by atoms with Crippen LogP contribution in [0.25, 0.3) is 0 Å². The summed E-state index contributed by atoms with van der Waals surface area (Å²) in [6.07, 6.45) is 6.37. The van der Waals surface area contributed by atoms with E-state index in [2.05, 4.69) is 43.5 Å². The van der Waals surface area contributed by atoms with Crippen LogP contribution in [0.15, 0.2) is 22.4 Å². The van der Waals surface area contributed by atoms with Crippen molar-refractivity contribution in [2.45, 2.75) is 6.92 Å². The standard InChI is InChI=1S/C6H7.Rh/c1-6-4-2-3-5-6;/h2-4,6H,1H3;. The summed E-state index contributed by atoms with van der Waals surface area (Å²) in [7, 11) is 0. The summed E-state index contributed by atoms with van der Waals surface area (Å²) in [5, 5.41) is 0. The number of hydrogen-bond acceptors (Lipinski definition) is 0. The molecule has 0 aliphatic heterocycles. The molecule has 1 atom stereocenters. The minimum absolute atomic E-state index is 0.646. The summed E-state index contributed by atoms with van der Waals surface area (Å²) >= 11 is 2.89. The topological polar surface area (TPSA) is 0 Å². The van der Waals surface area contributed by atoms with Gasteiger partial charge in [0.25, 0.3) is 0 Å². The molecule has 0 N–H and O–H groups in total. The van der Waals surface area contributed by atoms with E-state index in [1.165, 1.54) is 4.17 Å². The predicted molar refractivity (Wildman–Crippen MR) is 26.4 cm³/mol. The summed E-state index contributed by atoms with van der Waals surface area (Å²) < 4.78 is 1.36. The van der Waals surface area contributed by atoms with E-state index in [9.17, 15) is 0 Å². The molecule has 0 radical (unpaired) electrons. The molecule has 0 saturated carbocycles. The fourth-order valence-electron chi connectivity index (χ4n) is 0.549. The van der Waals surface area contributed by atoms with Gasteiger partial charge in [-0.2, -0.15) is 0 Å². The molecule has 1 aliphatic rings. The van der Waals surface area contributed by atoms with Crippen molar-refractivity contribution in [3.05, 3.63) is 22.4 Å². The number of allylic oxidation sites excluding steroid dienone is 4. The Morgan fingerprint density at radius 3 is 2.57 bits per heavy atom. The summed E-state index contributed by atoms with van der Waals surface area (Å²) in [5.74, 6) is 0.646. The molecule has 40 valence electrons. The second-order valence-corrected chi connectivity index (χ2v) is 2.65. The van der Waals surface area contributed by atoms with Crippen LogP contribution in [0.4, 0.5) is 0 Å². The molecule has 1 unspecified atom stereocenters. The van der Waals surface area contributed by atoms with Gasteiger partial charge in [0.2, 0.25) is 0 Å². The first-order chi connectivity index (χ1) is 3.30. The molecule has 0 nitrogen and oxygen atoms in total. The third kappa shape index (κ3) is 1.01. The molecule has 0 bridgehead atoms. The maximum atomic E-state index is 2.89. The SMILES string of the molecule is CC1C=CC=[C]1[Rh]. The van der Waals surface area contributed by atoms with Crippen molar-refractivity contribution in [2.24, 2.45) is 5.92 Å². The van der Waals surface area contributed by atoms with Crippen LogP contribution in [0.1, 0.15) is 6.92 Å². The molecule has 0 amide bonds. The van der Waals surface area contributed by atoms with E-state index in [1.807, 2.05) is 0 Å². The van der Waals surface area contributed by atoms with Crippen LogP contribution in [0, 0.1) is 5.92 Å². The Bertz CT molecular complexity index is 122. The van der Waals surface area contributed by atoms with Crippen molar-refractivity contribution in [1.29, 1.82) is 0 Å². The molecule has 0 aromatic rings. The van der Waals surface area contributed by atoms with Crippen LogP contribution in [-0.4, -0.2) is 0 Å². The van der Waals surface area contributed by atoms with Crippen molar-refractivity contribution >= 4 is 0 Å². The molecule has 0 aromatic heterocycles. The van der Waals surface area contributed by atoms with E-state index in [0.29, 0.717) is 5.92 Å². The summed E-state index contributed by atoms with van der Waals surface area (Å²) in [5.41, 5.74) is 0. The van der Waals surface area contributed by atoms with Gasteiger partial charge in [-0.25, -0.2) is 0 Å². The Balaban J connectivity index is 2.69.